The molecule has 1 aliphatic heterocycles. The van der Waals surface area contributed by atoms with Gasteiger partial charge in [-0.3, -0.25) is 4.90 Å². The molecule has 0 radical (unpaired) electrons. The Balaban J connectivity index is 1.19. The van der Waals surface area contributed by atoms with Crippen LogP contribution in [0.1, 0.15) is 31.2 Å². The number of anilines is 3. The van der Waals surface area contributed by atoms with E-state index in [1.165, 1.54) is 23.5 Å². The fourth-order valence-electron chi connectivity index (χ4n) is 4.84. The molecule has 2 aliphatic rings. The van der Waals surface area contributed by atoms with Gasteiger partial charge in [-0.25, -0.2) is 14.4 Å². The van der Waals surface area contributed by atoms with Gasteiger partial charge in [-0.05, 0) is 67.6 Å². The Morgan fingerprint density at radius 3 is 2.54 bits per heavy atom. The van der Waals surface area contributed by atoms with Gasteiger partial charge in [-0.1, -0.05) is 11.3 Å². The molecule has 4 aromatic rings. The van der Waals surface area contributed by atoms with Crippen LogP contribution in [0.5, 0.6) is 0 Å². The van der Waals surface area contributed by atoms with Crippen LogP contribution in [0.2, 0.25) is 0 Å². The fraction of sp³-hybridized carbons (Fsp3) is 0.407. The highest BCUT2D eigenvalue weighted by Crippen LogP contribution is 2.32. The Bertz CT molecular complexity index is 1380. The number of thiazole rings is 1. The van der Waals surface area contributed by atoms with Gasteiger partial charge in [0.1, 0.15) is 22.3 Å². The zero-order valence-electron chi connectivity index (χ0n) is 21.3. The molecule has 3 aromatic heterocycles. The first-order valence-electron chi connectivity index (χ1n) is 13.2. The lowest BCUT2D eigenvalue weighted by Crippen LogP contribution is -2.35. The molecule has 0 bridgehead atoms. The van der Waals surface area contributed by atoms with Gasteiger partial charge in [-0.15, -0.1) is 10.2 Å². The maximum Gasteiger partial charge on any atom is 0.259 e. The summed E-state index contributed by atoms with van der Waals surface area (Å²) in [7, 11) is 0. The highest BCUT2D eigenvalue weighted by Gasteiger charge is 2.21. The molecule has 204 valence electrons. The third kappa shape index (κ3) is 6.59. The summed E-state index contributed by atoms with van der Waals surface area (Å²) in [6.07, 6.45) is 4.91. The van der Waals surface area contributed by atoms with Crippen LogP contribution >= 0.6 is 11.3 Å². The maximum absolute atomic E-state index is 13.2. The average molecular weight is 552 g/mol. The van der Waals surface area contributed by atoms with Crippen molar-refractivity contribution in [2.24, 2.45) is 0 Å². The summed E-state index contributed by atoms with van der Waals surface area (Å²) in [5.41, 5.74) is 1.79. The van der Waals surface area contributed by atoms with Gasteiger partial charge in [-0.2, -0.15) is 0 Å². The van der Waals surface area contributed by atoms with E-state index in [1.54, 1.807) is 18.3 Å². The third-order valence-electron chi connectivity index (χ3n) is 6.91. The Morgan fingerprint density at radius 1 is 1.00 bits per heavy atom. The molecular formula is C27H30FN7O3S. The smallest absolute Gasteiger partial charge is 0.259 e. The van der Waals surface area contributed by atoms with Gasteiger partial charge in [0.2, 0.25) is 5.89 Å². The molecule has 3 N–H and O–H groups in total. The third-order valence-corrected chi connectivity index (χ3v) is 7.81. The van der Waals surface area contributed by atoms with Gasteiger partial charge in [0.25, 0.3) is 5.89 Å². The SMILES string of the molecule is OC1CCC(Nc2cc(CN3CCOCC3)cc(Nc3ncc(-c4nnc(-c5ccc(F)cc5)o4)s3)n2)CC1. The van der Waals surface area contributed by atoms with Crippen LogP contribution in [0.15, 0.2) is 47.0 Å². The highest BCUT2D eigenvalue weighted by atomic mass is 32.1. The van der Waals surface area contributed by atoms with E-state index in [1.807, 2.05) is 6.07 Å². The van der Waals surface area contributed by atoms with Gasteiger partial charge in [0.05, 0.1) is 25.5 Å². The van der Waals surface area contributed by atoms with Gasteiger partial charge in [0, 0.05) is 31.2 Å². The van der Waals surface area contributed by atoms with Gasteiger partial charge in [0.15, 0.2) is 5.13 Å². The summed E-state index contributed by atoms with van der Waals surface area (Å²) in [4.78, 5) is 12.4. The van der Waals surface area contributed by atoms with E-state index in [4.69, 9.17) is 14.1 Å². The molecule has 2 fully saturated rings. The summed E-state index contributed by atoms with van der Waals surface area (Å²) in [6.45, 7) is 4.08. The van der Waals surface area contributed by atoms with Crippen molar-refractivity contribution in [2.75, 3.05) is 36.9 Å². The number of morpholine rings is 1. The maximum atomic E-state index is 13.2. The largest absolute Gasteiger partial charge is 0.415 e. The second-order valence-electron chi connectivity index (χ2n) is 9.86. The van der Waals surface area contributed by atoms with E-state index in [9.17, 15) is 9.50 Å². The summed E-state index contributed by atoms with van der Waals surface area (Å²) < 4.78 is 24.6. The van der Waals surface area contributed by atoms with Crippen LogP contribution in [0.25, 0.3) is 22.2 Å². The monoisotopic (exact) mass is 551 g/mol. The van der Waals surface area contributed by atoms with E-state index in [2.05, 4.69) is 36.8 Å². The number of halogens is 1. The van der Waals surface area contributed by atoms with E-state index < -0.39 is 0 Å². The van der Waals surface area contributed by atoms with Crippen LogP contribution in [0.4, 0.5) is 21.2 Å². The minimum absolute atomic E-state index is 0.203. The molecule has 12 heteroatoms. The van der Waals surface area contributed by atoms with Crippen molar-refractivity contribution in [3.63, 3.8) is 0 Å². The number of aliphatic hydroxyl groups is 1. The van der Waals surface area contributed by atoms with Crippen molar-refractivity contribution in [3.05, 3.63) is 54.0 Å². The Labute approximate surface area is 229 Å². The number of hydrogen-bond donors (Lipinski definition) is 3. The molecule has 0 amide bonds. The summed E-state index contributed by atoms with van der Waals surface area (Å²) in [5, 5.41) is 25.7. The number of aliphatic hydroxyl groups excluding tert-OH is 1. The van der Waals surface area contributed by atoms with Crippen molar-refractivity contribution >= 4 is 28.1 Å². The second kappa shape index (κ2) is 11.7. The molecule has 0 atom stereocenters. The minimum atomic E-state index is -0.324. The molecule has 39 heavy (non-hydrogen) atoms. The first kappa shape index (κ1) is 25.8. The highest BCUT2D eigenvalue weighted by molar-refractivity contribution is 7.18. The van der Waals surface area contributed by atoms with Crippen molar-refractivity contribution in [1.82, 2.24) is 25.1 Å². The van der Waals surface area contributed by atoms with Gasteiger partial charge >= 0.3 is 0 Å². The van der Waals surface area contributed by atoms with Gasteiger partial charge < -0.3 is 24.9 Å². The number of rotatable bonds is 8. The lowest BCUT2D eigenvalue weighted by Gasteiger charge is -2.28. The minimum Gasteiger partial charge on any atom is -0.415 e. The lowest BCUT2D eigenvalue weighted by atomic mass is 9.93. The van der Waals surface area contributed by atoms with Crippen molar-refractivity contribution in [3.8, 4) is 22.2 Å². The van der Waals surface area contributed by atoms with E-state index >= 15 is 0 Å². The van der Waals surface area contributed by atoms with Crippen LogP contribution < -0.4 is 10.6 Å². The fourth-order valence-corrected chi connectivity index (χ4v) is 5.58. The summed E-state index contributed by atoms with van der Waals surface area (Å²) >= 11 is 1.38. The first-order valence-corrected chi connectivity index (χ1v) is 14.0. The van der Waals surface area contributed by atoms with E-state index in [-0.39, 0.29) is 18.0 Å². The van der Waals surface area contributed by atoms with Crippen LogP contribution in [-0.4, -0.2) is 68.6 Å². The predicted molar refractivity (Wildman–Crippen MR) is 146 cm³/mol. The number of nitrogens with zero attached hydrogens (tertiary/aromatic N) is 5. The Kier molecular flexibility index (Phi) is 7.77. The molecule has 1 aliphatic carbocycles. The quantitative estimate of drug-likeness (QED) is 0.284. The molecule has 1 saturated carbocycles. The van der Waals surface area contributed by atoms with Crippen LogP contribution in [0.3, 0.4) is 0 Å². The number of benzene rings is 1. The zero-order valence-corrected chi connectivity index (χ0v) is 22.2. The Hall–Kier alpha value is -3.45. The molecule has 10 nitrogen and oxygen atoms in total. The van der Waals surface area contributed by atoms with Crippen molar-refractivity contribution in [1.29, 1.82) is 0 Å². The number of hydrogen-bond acceptors (Lipinski definition) is 11. The standard InChI is InChI=1S/C27H30FN7O3S/c28-19-3-1-18(2-4-19)25-33-34-26(38-25)22-15-29-27(39-22)32-24-14-17(16-35-9-11-37-12-10-35)13-23(31-24)30-20-5-7-21(36)8-6-20/h1-4,13-15,20-21,36H,5-12,16H2,(H2,29,30,31,32). The number of ether oxygens (including phenoxy) is 1. The lowest BCUT2D eigenvalue weighted by molar-refractivity contribution is 0.0342. The summed E-state index contributed by atoms with van der Waals surface area (Å²) in [6, 6.07) is 10.3. The molecule has 4 heterocycles. The number of pyridine rings is 1. The van der Waals surface area contributed by atoms with Crippen LogP contribution in [0, 0.1) is 5.82 Å². The predicted octanol–water partition coefficient (Wildman–Crippen LogP) is 4.69. The molecule has 1 saturated heterocycles. The number of aromatic nitrogens is 4. The zero-order chi connectivity index (χ0) is 26.6. The molecule has 1 aromatic carbocycles. The molecule has 0 unspecified atom stereocenters. The topological polar surface area (TPSA) is 121 Å². The molecule has 6 rings (SSSR count). The van der Waals surface area contributed by atoms with Crippen molar-refractivity contribution in [2.45, 2.75) is 44.4 Å². The van der Waals surface area contributed by atoms with E-state index in [0.717, 1.165) is 69.9 Å². The molecule has 0 spiro atoms. The van der Waals surface area contributed by atoms with Crippen molar-refractivity contribution < 1.29 is 18.7 Å². The normalized spacial score (nSPS) is 20.2. The second-order valence-corrected chi connectivity index (χ2v) is 10.9. The summed E-state index contributed by atoms with van der Waals surface area (Å²) in [5.74, 6) is 1.84. The van der Waals surface area contributed by atoms with Crippen LogP contribution in [-0.2, 0) is 11.3 Å². The average Bonchev–Trinajstić information content (AvgIpc) is 3.61. The number of nitrogens with one attached hydrogen (secondary N) is 2. The van der Waals surface area contributed by atoms with E-state index in [0.29, 0.717) is 33.2 Å². The molecular weight excluding hydrogens is 521 g/mol. The first-order chi connectivity index (χ1) is 19.1. The Morgan fingerprint density at radius 2 is 1.74 bits per heavy atom.